The summed E-state index contributed by atoms with van der Waals surface area (Å²) in [7, 11) is 0. The lowest BCUT2D eigenvalue weighted by Crippen LogP contribution is -2.31. The number of nitrogens with one attached hydrogen (secondary N) is 1. The van der Waals surface area contributed by atoms with E-state index in [-0.39, 0.29) is 12.3 Å². The molecule has 0 radical (unpaired) electrons. The molecule has 0 aliphatic carbocycles. The molecule has 0 spiro atoms. The predicted molar refractivity (Wildman–Crippen MR) is 70.5 cm³/mol. The van der Waals surface area contributed by atoms with Crippen LogP contribution in [-0.4, -0.2) is 19.0 Å². The quantitative estimate of drug-likeness (QED) is 0.796. The van der Waals surface area contributed by atoms with Gasteiger partial charge in [-0.05, 0) is 36.6 Å². The van der Waals surface area contributed by atoms with Crippen molar-refractivity contribution < 1.29 is 13.6 Å². The molecule has 1 aromatic rings. The average Bonchev–Trinajstić information content (AvgIpc) is 2.39. The number of carbonyl (C=O) groups is 1. The second-order valence-electron chi connectivity index (χ2n) is 4.58. The van der Waals surface area contributed by atoms with Gasteiger partial charge in [-0.1, -0.05) is 19.4 Å². The summed E-state index contributed by atoms with van der Waals surface area (Å²) in [4.78, 5) is 11.7. The van der Waals surface area contributed by atoms with Crippen LogP contribution >= 0.6 is 0 Å². The number of halogens is 2. The summed E-state index contributed by atoms with van der Waals surface area (Å²) in [5.74, 6) is -1.67. The van der Waals surface area contributed by atoms with Crippen molar-refractivity contribution in [3.05, 3.63) is 35.4 Å². The summed E-state index contributed by atoms with van der Waals surface area (Å²) < 4.78 is 25.7. The highest BCUT2D eigenvalue weighted by atomic mass is 19.2. The molecule has 19 heavy (non-hydrogen) atoms. The SMILES string of the molecule is CCC(CCN)CNC(=O)Cc1ccc(F)c(F)c1. The third kappa shape index (κ3) is 5.34. The highest BCUT2D eigenvalue weighted by Gasteiger charge is 2.10. The minimum absolute atomic E-state index is 0.0518. The van der Waals surface area contributed by atoms with Gasteiger partial charge in [0, 0.05) is 6.54 Å². The average molecular weight is 270 g/mol. The van der Waals surface area contributed by atoms with Gasteiger partial charge < -0.3 is 11.1 Å². The normalized spacial score (nSPS) is 12.2. The molecular weight excluding hydrogens is 250 g/mol. The van der Waals surface area contributed by atoms with Gasteiger partial charge in [0.05, 0.1) is 6.42 Å². The molecule has 0 aliphatic rings. The van der Waals surface area contributed by atoms with Crippen molar-refractivity contribution in [1.29, 1.82) is 0 Å². The van der Waals surface area contributed by atoms with E-state index in [4.69, 9.17) is 5.73 Å². The fourth-order valence-electron chi connectivity index (χ4n) is 1.84. The molecule has 0 aliphatic heterocycles. The Morgan fingerprint density at radius 2 is 2.11 bits per heavy atom. The molecule has 1 atom stereocenters. The maximum absolute atomic E-state index is 13.0. The fraction of sp³-hybridized carbons (Fsp3) is 0.500. The smallest absolute Gasteiger partial charge is 0.224 e. The molecule has 106 valence electrons. The van der Waals surface area contributed by atoms with Gasteiger partial charge in [0.2, 0.25) is 5.91 Å². The van der Waals surface area contributed by atoms with Gasteiger partial charge in [-0.3, -0.25) is 4.79 Å². The van der Waals surface area contributed by atoms with Crippen molar-refractivity contribution in [2.24, 2.45) is 11.7 Å². The van der Waals surface area contributed by atoms with Crippen LogP contribution in [0.4, 0.5) is 8.78 Å². The summed E-state index contributed by atoms with van der Waals surface area (Å²) >= 11 is 0. The standard InChI is InChI=1S/C14H20F2N2O/c1-2-10(5-6-17)9-18-14(19)8-11-3-4-12(15)13(16)7-11/h3-4,7,10H,2,5-6,8-9,17H2,1H3,(H,18,19). The maximum atomic E-state index is 13.0. The zero-order valence-electron chi connectivity index (χ0n) is 11.1. The Balaban J connectivity index is 2.44. The maximum Gasteiger partial charge on any atom is 0.224 e. The van der Waals surface area contributed by atoms with Crippen LogP contribution < -0.4 is 11.1 Å². The summed E-state index contributed by atoms with van der Waals surface area (Å²) in [6, 6.07) is 3.49. The first kappa shape index (κ1) is 15.6. The summed E-state index contributed by atoms with van der Waals surface area (Å²) in [5.41, 5.74) is 5.94. The van der Waals surface area contributed by atoms with Crippen molar-refractivity contribution >= 4 is 5.91 Å². The van der Waals surface area contributed by atoms with Gasteiger partial charge in [-0.15, -0.1) is 0 Å². The van der Waals surface area contributed by atoms with Gasteiger partial charge in [0.1, 0.15) is 0 Å². The lowest BCUT2D eigenvalue weighted by molar-refractivity contribution is -0.120. The van der Waals surface area contributed by atoms with Crippen LogP contribution in [0.5, 0.6) is 0 Å². The lowest BCUT2D eigenvalue weighted by atomic mass is 10.0. The van der Waals surface area contributed by atoms with Gasteiger partial charge in [0.25, 0.3) is 0 Å². The van der Waals surface area contributed by atoms with Gasteiger partial charge in [0.15, 0.2) is 11.6 Å². The summed E-state index contributed by atoms with van der Waals surface area (Å²) in [5, 5.41) is 2.79. The van der Waals surface area contributed by atoms with Gasteiger partial charge in [-0.25, -0.2) is 8.78 Å². The largest absolute Gasteiger partial charge is 0.356 e. The van der Waals surface area contributed by atoms with E-state index in [1.807, 2.05) is 6.92 Å². The number of amides is 1. The molecule has 1 amide bonds. The van der Waals surface area contributed by atoms with E-state index in [9.17, 15) is 13.6 Å². The van der Waals surface area contributed by atoms with Crippen LogP contribution in [0.15, 0.2) is 18.2 Å². The van der Waals surface area contributed by atoms with Crippen LogP contribution in [0.1, 0.15) is 25.3 Å². The number of nitrogens with two attached hydrogens (primary N) is 1. The van der Waals surface area contributed by atoms with E-state index in [0.29, 0.717) is 24.6 Å². The third-order valence-corrected chi connectivity index (χ3v) is 3.09. The first-order valence-corrected chi connectivity index (χ1v) is 6.47. The van der Waals surface area contributed by atoms with Crippen LogP contribution in [0, 0.1) is 17.6 Å². The lowest BCUT2D eigenvalue weighted by Gasteiger charge is -2.14. The Kier molecular flexibility index (Phi) is 6.42. The molecule has 3 nitrogen and oxygen atoms in total. The number of carbonyl (C=O) groups excluding carboxylic acids is 1. The molecule has 0 fully saturated rings. The minimum Gasteiger partial charge on any atom is -0.356 e. The van der Waals surface area contributed by atoms with Crippen molar-refractivity contribution in [2.75, 3.05) is 13.1 Å². The Bertz CT molecular complexity index is 424. The number of rotatable bonds is 7. The summed E-state index contributed by atoms with van der Waals surface area (Å²) in [6.45, 7) is 3.20. The Morgan fingerprint density at radius 1 is 1.37 bits per heavy atom. The number of hydrogen-bond acceptors (Lipinski definition) is 2. The van der Waals surface area contributed by atoms with Gasteiger partial charge in [-0.2, -0.15) is 0 Å². The van der Waals surface area contributed by atoms with E-state index in [2.05, 4.69) is 5.32 Å². The zero-order chi connectivity index (χ0) is 14.3. The van der Waals surface area contributed by atoms with E-state index in [0.717, 1.165) is 25.0 Å². The second-order valence-corrected chi connectivity index (χ2v) is 4.58. The van der Waals surface area contributed by atoms with E-state index in [1.54, 1.807) is 0 Å². The molecule has 0 heterocycles. The Morgan fingerprint density at radius 3 is 2.68 bits per heavy atom. The molecule has 3 N–H and O–H groups in total. The number of hydrogen-bond donors (Lipinski definition) is 2. The zero-order valence-corrected chi connectivity index (χ0v) is 11.1. The molecule has 0 saturated heterocycles. The molecule has 5 heteroatoms. The van der Waals surface area contributed by atoms with Crippen molar-refractivity contribution in [2.45, 2.75) is 26.2 Å². The molecule has 1 aromatic carbocycles. The predicted octanol–water partition coefficient (Wildman–Crippen LogP) is 2.00. The molecule has 0 bridgehead atoms. The van der Waals surface area contributed by atoms with Crippen LogP contribution in [0.25, 0.3) is 0 Å². The van der Waals surface area contributed by atoms with Gasteiger partial charge >= 0.3 is 0 Å². The minimum atomic E-state index is -0.931. The van der Waals surface area contributed by atoms with E-state index in [1.165, 1.54) is 6.07 Å². The first-order valence-electron chi connectivity index (χ1n) is 6.47. The van der Waals surface area contributed by atoms with Crippen molar-refractivity contribution in [3.8, 4) is 0 Å². The highest BCUT2D eigenvalue weighted by molar-refractivity contribution is 5.78. The van der Waals surface area contributed by atoms with Crippen LogP contribution in [-0.2, 0) is 11.2 Å². The molecule has 0 saturated carbocycles. The van der Waals surface area contributed by atoms with Crippen LogP contribution in [0.3, 0.4) is 0 Å². The highest BCUT2D eigenvalue weighted by Crippen LogP contribution is 2.09. The number of benzene rings is 1. The van der Waals surface area contributed by atoms with Crippen molar-refractivity contribution in [3.63, 3.8) is 0 Å². The molecule has 1 rings (SSSR count). The second kappa shape index (κ2) is 7.84. The summed E-state index contributed by atoms with van der Waals surface area (Å²) in [6.07, 6.45) is 1.86. The Labute approximate surface area is 112 Å². The van der Waals surface area contributed by atoms with E-state index < -0.39 is 11.6 Å². The molecule has 0 aromatic heterocycles. The topological polar surface area (TPSA) is 55.1 Å². The van der Waals surface area contributed by atoms with Crippen LogP contribution in [0.2, 0.25) is 0 Å². The monoisotopic (exact) mass is 270 g/mol. The van der Waals surface area contributed by atoms with Crippen molar-refractivity contribution in [1.82, 2.24) is 5.32 Å². The van der Waals surface area contributed by atoms with E-state index >= 15 is 0 Å². The fourth-order valence-corrected chi connectivity index (χ4v) is 1.84. The first-order chi connectivity index (χ1) is 9.06. The third-order valence-electron chi connectivity index (χ3n) is 3.09. The molecular formula is C14H20F2N2O. The Hall–Kier alpha value is -1.49. The molecule has 1 unspecified atom stereocenters.